The van der Waals surface area contributed by atoms with Crippen LogP contribution in [0.15, 0.2) is 0 Å². The Morgan fingerprint density at radius 3 is 1.81 bits per heavy atom. The quantitative estimate of drug-likeness (QED) is 0.488. The third-order valence-electron chi connectivity index (χ3n) is 3.84. The number of esters is 4. The van der Waals surface area contributed by atoms with Crippen molar-refractivity contribution in [2.45, 2.75) is 65.4 Å². The predicted molar refractivity (Wildman–Crippen MR) is 89.0 cm³/mol. The number of hydrogen-bond acceptors (Lipinski definition) is 9. The zero-order valence-corrected chi connectivity index (χ0v) is 16.0. The van der Waals surface area contributed by atoms with Crippen LogP contribution in [0.2, 0.25) is 0 Å². The Kier molecular flexibility index (Phi) is 8.20. The minimum atomic E-state index is -1.25. The summed E-state index contributed by atoms with van der Waals surface area (Å²) in [4.78, 5) is 58.7. The Hall–Kier alpha value is -2.65. The van der Waals surface area contributed by atoms with Gasteiger partial charge in [0.15, 0.2) is 12.2 Å². The van der Waals surface area contributed by atoms with Crippen LogP contribution in [0.3, 0.4) is 0 Å². The van der Waals surface area contributed by atoms with Crippen molar-refractivity contribution in [1.29, 1.82) is 0 Å². The van der Waals surface area contributed by atoms with Crippen LogP contribution in [0.5, 0.6) is 0 Å². The molecule has 0 saturated heterocycles. The van der Waals surface area contributed by atoms with Crippen LogP contribution in [0.4, 0.5) is 0 Å². The van der Waals surface area contributed by atoms with Crippen molar-refractivity contribution in [3.05, 3.63) is 0 Å². The van der Waals surface area contributed by atoms with Gasteiger partial charge in [0.05, 0.1) is 18.6 Å². The van der Waals surface area contributed by atoms with Crippen molar-refractivity contribution in [3.8, 4) is 0 Å². The molecule has 0 aliphatic heterocycles. The van der Waals surface area contributed by atoms with Crippen LogP contribution in [-0.2, 0) is 42.9 Å². The fourth-order valence-electron chi connectivity index (χ4n) is 3.08. The SMILES string of the molecule is CCOC(=O)[C@@H]1C[C@H](OC(C)=O)[C@H](OC(C)=O)[C@H](OC(C)=O)[C@H]1NC(C)=O. The third kappa shape index (κ3) is 6.54. The molecule has 1 saturated carbocycles. The van der Waals surface area contributed by atoms with Crippen molar-refractivity contribution in [2.75, 3.05) is 6.61 Å². The molecular formula is C17H25NO9. The van der Waals surface area contributed by atoms with Gasteiger partial charge in [-0.3, -0.25) is 24.0 Å². The molecule has 10 heteroatoms. The Morgan fingerprint density at radius 1 is 0.852 bits per heavy atom. The van der Waals surface area contributed by atoms with Crippen molar-refractivity contribution in [2.24, 2.45) is 5.92 Å². The van der Waals surface area contributed by atoms with Gasteiger partial charge in [-0.1, -0.05) is 0 Å². The average molecular weight is 387 g/mol. The highest BCUT2D eigenvalue weighted by atomic mass is 16.6. The van der Waals surface area contributed by atoms with Crippen LogP contribution < -0.4 is 5.32 Å². The average Bonchev–Trinajstić information content (AvgIpc) is 2.51. The lowest BCUT2D eigenvalue weighted by Crippen LogP contribution is -2.64. The predicted octanol–water partition coefficient (Wildman–Crippen LogP) is -0.131. The summed E-state index contributed by atoms with van der Waals surface area (Å²) in [7, 11) is 0. The highest BCUT2D eigenvalue weighted by molar-refractivity contribution is 5.78. The number of carbonyl (C=O) groups is 5. The first-order valence-electron chi connectivity index (χ1n) is 8.52. The first-order chi connectivity index (χ1) is 12.6. The monoisotopic (exact) mass is 387 g/mol. The normalized spacial score (nSPS) is 27.1. The zero-order chi connectivity index (χ0) is 20.7. The molecule has 1 N–H and O–H groups in total. The van der Waals surface area contributed by atoms with Gasteiger partial charge in [-0.15, -0.1) is 0 Å². The molecule has 0 aromatic rings. The first kappa shape index (κ1) is 22.4. The second-order valence-corrected chi connectivity index (χ2v) is 6.12. The molecule has 0 spiro atoms. The molecule has 0 aromatic heterocycles. The van der Waals surface area contributed by atoms with Gasteiger partial charge in [-0.2, -0.15) is 0 Å². The largest absolute Gasteiger partial charge is 0.466 e. The highest BCUT2D eigenvalue weighted by Crippen LogP contribution is 2.33. The van der Waals surface area contributed by atoms with E-state index in [-0.39, 0.29) is 13.0 Å². The highest BCUT2D eigenvalue weighted by Gasteiger charge is 2.53. The standard InChI is InChI=1S/C17H25NO9/c1-6-24-17(23)12-7-13(25-9(3)20)15(26-10(4)21)16(27-11(5)22)14(12)18-8(2)19/h12-16H,6-7H2,1-5H3,(H,18,19)/t12-,13+,14+,15+,16-/m1/s1. The van der Waals surface area contributed by atoms with E-state index in [9.17, 15) is 24.0 Å². The van der Waals surface area contributed by atoms with E-state index in [0.717, 1.165) is 20.8 Å². The Bertz CT molecular complexity index is 603. The van der Waals surface area contributed by atoms with E-state index in [1.807, 2.05) is 0 Å². The second-order valence-electron chi connectivity index (χ2n) is 6.12. The number of nitrogens with one attached hydrogen (secondary N) is 1. The minimum Gasteiger partial charge on any atom is -0.466 e. The van der Waals surface area contributed by atoms with E-state index < -0.39 is 60.1 Å². The zero-order valence-electron chi connectivity index (χ0n) is 16.0. The van der Waals surface area contributed by atoms with Crippen molar-refractivity contribution >= 4 is 29.8 Å². The molecule has 27 heavy (non-hydrogen) atoms. The fraction of sp³-hybridized carbons (Fsp3) is 0.706. The lowest BCUT2D eigenvalue weighted by molar-refractivity contribution is -0.201. The van der Waals surface area contributed by atoms with Gasteiger partial charge in [0.2, 0.25) is 5.91 Å². The summed E-state index contributed by atoms with van der Waals surface area (Å²) in [6.07, 6.45) is -3.59. The van der Waals surface area contributed by atoms with Gasteiger partial charge in [0.1, 0.15) is 6.10 Å². The van der Waals surface area contributed by atoms with Gasteiger partial charge in [-0.05, 0) is 6.92 Å². The van der Waals surface area contributed by atoms with E-state index >= 15 is 0 Å². The number of carbonyl (C=O) groups excluding carboxylic acids is 5. The fourth-order valence-corrected chi connectivity index (χ4v) is 3.08. The van der Waals surface area contributed by atoms with Gasteiger partial charge >= 0.3 is 23.9 Å². The summed E-state index contributed by atoms with van der Waals surface area (Å²) in [6.45, 7) is 6.36. The van der Waals surface area contributed by atoms with Gasteiger partial charge in [-0.25, -0.2) is 0 Å². The molecule has 5 atom stereocenters. The third-order valence-corrected chi connectivity index (χ3v) is 3.84. The van der Waals surface area contributed by atoms with E-state index in [4.69, 9.17) is 18.9 Å². The van der Waals surface area contributed by atoms with Crippen LogP contribution in [0.1, 0.15) is 41.0 Å². The van der Waals surface area contributed by atoms with Crippen LogP contribution in [0.25, 0.3) is 0 Å². The molecule has 1 amide bonds. The minimum absolute atomic E-state index is 0.0843. The van der Waals surface area contributed by atoms with Crippen LogP contribution >= 0.6 is 0 Å². The maximum absolute atomic E-state index is 12.4. The van der Waals surface area contributed by atoms with Gasteiger partial charge in [0.25, 0.3) is 0 Å². The number of ether oxygens (including phenoxy) is 4. The molecule has 152 valence electrons. The number of amides is 1. The van der Waals surface area contributed by atoms with Crippen molar-refractivity contribution < 1.29 is 42.9 Å². The second kappa shape index (κ2) is 9.89. The van der Waals surface area contributed by atoms with Crippen molar-refractivity contribution in [3.63, 3.8) is 0 Å². The smallest absolute Gasteiger partial charge is 0.311 e. The van der Waals surface area contributed by atoms with Gasteiger partial charge < -0.3 is 24.3 Å². The molecule has 0 heterocycles. The van der Waals surface area contributed by atoms with E-state index in [1.165, 1.54) is 6.92 Å². The van der Waals surface area contributed by atoms with Crippen LogP contribution in [0, 0.1) is 5.92 Å². The molecule has 0 radical (unpaired) electrons. The summed E-state index contributed by atoms with van der Waals surface area (Å²) in [5.41, 5.74) is 0. The molecule has 1 fully saturated rings. The maximum Gasteiger partial charge on any atom is 0.311 e. The molecule has 1 aliphatic carbocycles. The van der Waals surface area contributed by atoms with E-state index in [1.54, 1.807) is 6.92 Å². The molecular weight excluding hydrogens is 362 g/mol. The van der Waals surface area contributed by atoms with Crippen LogP contribution in [-0.4, -0.2) is 60.7 Å². The lowest BCUT2D eigenvalue weighted by atomic mass is 9.78. The molecule has 0 unspecified atom stereocenters. The summed E-state index contributed by atoms with van der Waals surface area (Å²) in [5.74, 6) is -4.22. The molecule has 1 rings (SSSR count). The molecule has 0 aromatic carbocycles. The first-order valence-corrected chi connectivity index (χ1v) is 8.52. The Labute approximate surface area is 156 Å². The Morgan fingerprint density at radius 2 is 1.37 bits per heavy atom. The Balaban J connectivity index is 3.38. The van der Waals surface area contributed by atoms with Crippen molar-refractivity contribution in [1.82, 2.24) is 5.32 Å². The van der Waals surface area contributed by atoms with E-state index in [0.29, 0.717) is 0 Å². The maximum atomic E-state index is 12.4. The summed E-state index contributed by atoms with van der Waals surface area (Å²) in [6, 6.07) is -1.03. The molecule has 10 nitrogen and oxygen atoms in total. The number of rotatable bonds is 6. The van der Waals surface area contributed by atoms with E-state index in [2.05, 4.69) is 5.32 Å². The molecule has 1 aliphatic rings. The van der Waals surface area contributed by atoms with Gasteiger partial charge in [0, 0.05) is 34.1 Å². The topological polar surface area (TPSA) is 134 Å². The summed E-state index contributed by atoms with van der Waals surface area (Å²) >= 11 is 0. The lowest BCUT2D eigenvalue weighted by Gasteiger charge is -2.44. The summed E-state index contributed by atoms with van der Waals surface area (Å²) < 4.78 is 20.7. The number of hydrogen-bond donors (Lipinski definition) is 1. The molecule has 0 bridgehead atoms. The summed E-state index contributed by atoms with van der Waals surface area (Å²) in [5, 5.41) is 2.55.